The molecular formula is C37H44ClN3O2. The van der Waals surface area contributed by atoms with E-state index in [1.807, 2.05) is 48.5 Å². The lowest BCUT2D eigenvalue weighted by Gasteiger charge is -2.27. The SMILES string of the molecule is CCCCCC(C)(C)c1cc(Oc2ccc(C(O)NCCCC)cc2)c2c(-c3ccccc3Cl)c3c(cc2c1)CNC3=N. The van der Waals surface area contributed by atoms with Crippen molar-refractivity contribution in [2.75, 3.05) is 6.54 Å². The van der Waals surface area contributed by atoms with Crippen LogP contribution in [0.15, 0.2) is 66.7 Å². The van der Waals surface area contributed by atoms with Crippen LogP contribution in [0, 0.1) is 5.41 Å². The highest BCUT2D eigenvalue weighted by Crippen LogP contribution is 2.46. The van der Waals surface area contributed by atoms with E-state index in [0.717, 1.165) is 70.1 Å². The molecule has 5 rings (SSSR count). The summed E-state index contributed by atoms with van der Waals surface area (Å²) in [6, 6.07) is 22.2. The highest BCUT2D eigenvalue weighted by Gasteiger charge is 2.29. The first-order valence-corrected chi connectivity index (χ1v) is 16.0. The fourth-order valence-electron chi connectivity index (χ4n) is 6.01. The fraction of sp³-hybridized carbons (Fsp3) is 0.378. The Hall–Kier alpha value is -3.38. The third-order valence-corrected chi connectivity index (χ3v) is 8.94. The molecule has 1 aliphatic heterocycles. The van der Waals surface area contributed by atoms with E-state index in [2.05, 4.69) is 56.5 Å². The van der Waals surface area contributed by atoms with Crippen molar-refractivity contribution in [1.29, 1.82) is 5.41 Å². The quantitative estimate of drug-likeness (QED) is 0.0914. The van der Waals surface area contributed by atoms with E-state index in [1.165, 1.54) is 24.8 Å². The van der Waals surface area contributed by atoms with Crippen LogP contribution in [0.2, 0.25) is 5.02 Å². The molecule has 4 N–H and O–H groups in total. The molecule has 0 aromatic heterocycles. The molecule has 1 atom stereocenters. The molecule has 0 amide bonds. The second-order valence-corrected chi connectivity index (χ2v) is 12.7. The zero-order chi connectivity index (χ0) is 30.6. The van der Waals surface area contributed by atoms with Crippen molar-refractivity contribution in [1.82, 2.24) is 10.6 Å². The minimum atomic E-state index is -0.721. The molecule has 6 heteroatoms. The molecule has 1 heterocycles. The molecule has 0 bridgehead atoms. The van der Waals surface area contributed by atoms with E-state index in [4.69, 9.17) is 21.7 Å². The summed E-state index contributed by atoms with van der Waals surface area (Å²) in [6.07, 6.45) is 6.02. The predicted molar refractivity (Wildman–Crippen MR) is 180 cm³/mol. The zero-order valence-electron chi connectivity index (χ0n) is 25.8. The Morgan fingerprint density at radius 2 is 1.72 bits per heavy atom. The lowest BCUT2D eigenvalue weighted by Crippen LogP contribution is -2.21. The van der Waals surface area contributed by atoms with Gasteiger partial charge in [-0.25, -0.2) is 0 Å². The number of amidine groups is 1. The summed E-state index contributed by atoms with van der Waals surface area (Å²) in [7, 11) is 0. The first-order valence-electron chi connectivity index (χ1n) is 15.6. The van der Waals surface area contributed by atoms with Crippen LogP contribution in [0.3, 0.4) is 0 Å². The topological polar surface area (TPSA) is 77.4 Å². The van der Waals surface area contributed by atoms with E-state index in [0.29, 0.717) is 23.2 Å². The predicted octanol–water partition coefficient (Wildman–Crippen LogP) is 9.62. The van der Waals surface area contributed by atoms with Gasteiger partial charge in [0.2, 0.25) is 0 Å². The average Bonchev–Trinajstić information content (AvgIpc) is 3.36. The molecule has 226 valence electrons. The number of aliphatic hydroxyl groups is 1. The lowest BCUT2D eigenvalue weighted by atomic mass is 9.78. The number of ether oxygens (including phenoxy) is 1. The Labute approximate surface area is 261 Å². The maximum Gasteiger partial charge on any atom is 0.136 e. The third kappa shape index (κ3) is 6.75. The smallest absolute Gasteiger partial charge is 0.136 e. The Morgan fingerprint density at radius 1 is 0.977 bits per heavy atom. The fourth-order valence-corrected chi connectivity index (χ4v) is 6.24. The molecule has 5 nitrogen and oxygen atoms in total. The Balaban J connectivity index is 1.66. The molecule has 0 saturated heterocycles. The van der Waals surface area contributed by atoms with Crippen LogP contribution in [-0.2, 0) is 12.0 Å². The molecule has 0 aliphatic carbocycles. The van der Waals surface area contributed by atoms with E-state index in [1.54, 1.807) is 0 Å². The molecule has 4 aromatic carbocycles. The summed E-state index contributed by atoms with van der Waals surface area (Å²) in [5.74, 6) is 1.82. The normalized spacial score (nSPS) is 13.7. The highest BCUT2D eigenvalue weighted by molar-refractivity contribution is 6.34. The summed E-state index contributed by atoms with van der Waals surface area (Å²) >= 11 is 6.83. The van der Waals surface area contributed by atoms with E-state index in [-0.39, 0.29) is 5.41 Å². The number of rotatable bonds is 13. The van der Waals surface area contributed by atoms with Crippen LogP contribution in [0.4, 0.5) is 0 Å². The van der Waals surface area contributed by atoms with Crippen molar-refractivity contribution >= 4 is 28.2 Å². The van der Waals surface area contributed by atoms with Gasteiger partial charge < -0.3 is 15.2 Å². The summed E-state index contributed by atoms with van der Waals surface area (Å²) in [5.41, 5.74) is 5.75. The number of aliphatic hydroxyl groups excluding tert-OH is 1. The Morgan fingerprint density at radius 3 is 2.44 bits per heavy atom. The van der Waals surface area contributed by atoms with Gasteiger partial charge in [0.1, 0.15) is 23.6 Å². The summed E-state index contributed by atoms with van der Waals surface area (Å²) in [6.45, 7) is 10.4. The first-order chi connectivity index (χ1) is 20.7. The number of hydrogen-bond acceptors (Lipinski definition) is 4. The van der Waals surface area contributed by atoms with Crippen LogP contribution in [0.25, 0.3) is 21.9 Å². The van der Waals surface area contributed by atoms with Crippen LogP contribution in [0.1, 0.15) is 94.7 Å². The minimum Gasteiger partial charge on any atom is -0.457 e. The van der Waals surface area contributed by atoms with Crippen molar-refractivity contribution in [3.05, 3.63) is 94.0 Å². The monoisotopic (exact) mass is 597 g/mol. The van der Waals surface area contributed by atoms with Gasteiger partial charge in [-0.05, 0) is 77.2 Å². The van der Waals surface area contributed by atoms with E-state index in [9.17, 15) is 5.11 Å². The van der Waals surface area contributed by atoms with Crippen LogP contribution in [0.5, 0.6) is 11.5 Å². The Bertz CT molecular complexity index is 1600. The van der Waals surface area contributed by atoms with Crippen molar-refractivity contribution in [2.24, 2.45) is 0 Å². The van der Waals surface area contributed by atoms with Gasteiger partial charge in [0.25, 0.3) is 0 Å². The lowest BCUT2D eigenvalue weighted by molar-refractivity contribution is 0.139. The van der Waals surface area contributed by atoms with Gasteiger partial charge in [0.15, 0.2) is 0 Å². The molecule has 43 heavy (non-hydrogen) atoms. The van der Waals surface area contributed by atoms with Crippen molar-refractivity contribution in [3.8, 4) is 22.6 Å². The molecule has 1 aliphatic rings. The van der Waals surface area contributed by atoms with Gasteiger partial charge in [-0.2, -0.15) is 0 Å². The molecule has 0 fully saturated rings. The minimum absolute atomic E-state index is 0.0475. The summed E-state index contributed by atoms with van der Waals surface area (Å²) < 4.78 is 6.75. The number of halogens is 1. The third-order valence-electron chi connectivity index (χ3n) is 8.61. The second kappa shape index (κ2) is 13.5. The molecule has 4 aromatic rings. The summed E-state index contributed by atoms with van der Waals surface area (Å²) in [5, 5.41) is 28.5. The number of nitrogens with one attached hydrogen (secondary N) is 3. The van der Waals surface area contributed by atoms with Gasteiger partial charge in [0, 0.05) is 33.6 Å². The number of fused-ring (bicyclic) bond motifs is 2. The van der Waals surface area contributed by atoms with Gasteiger partial charge in [-0.1, -0.05) is 101 Å². The van der Waals surface area contributed by atoms with Gasteiger partial charge in [-0.3, -0.25) is 10.7 Å². The number of unbranched alkanes of at least 4 members (excludes halogenated alkanes) is 3. The number of benzene rings is 4. The van der Waals surface area contributed by atoms with Gasteiger partial charge >= 0.3 is 0 Å². The van der Waals surface area contributed by atoms with Crippen LogP contribution in [-0.4, -0.2) is 17.5 Å². The second-order valence-electron chi connectivity index (χ2n) is 12.3. The molecule has 0 spiro atoms. The zero-order valence-corrected chi connectivity index (χ0v) is 26.6. The summed E-state index contributed by atoms with van der Waals surface area (Å²) in [4.78, 5) is 0. The number of hydrogen-bond donors (Lipinski definition) is 4. The molecule has 1 unspecified atom stereocenters. The van der Waals surface area contributed by atoms with Gasteiger partial charge in [-0.15, -0.1) is 0 Å². The highest BCUT2D eigenvalue weighted by atomic mass is 35.5. The maximum atomic E-state index is 10.6. The van der Waals surface area contributed by atoms with Crippen molar-refractivity contribution < 1.29 is 9.84 Å². The largest absolute Gasteiger partial charge is 0.457 e. The molecule has 0 saturated carbocycles. The van der Waals surface area contributed by atoms with Crippen LogP contribution < -0.4 is 15.4 Å². The molecular weight excluding hydrogens is 554 g/mol. The first kappa shape index (κ1) is 31.1. The Kier molecular flexibility index (Phi) is 9.75. The standard InChI is InChI=1S/C37H44ClN3O2/c1-5-7-11-18-37(3,4)27-21-25-20-26-23-41-35(39)33(26)34(29-12-9-10-13-30(29)38)32(25)31(22-27)43-28-16-14-24(15-17-28)36(42)40-19-8-6-2/h9-10,12-17,20-22,36,40,42H,5-8,11,18-19,23H2,1-4H3,(H2,39,41). The van der Waals surface area contributed by atoms with Crippen molar-refractivity contribution in [2.45, 2.75) is 84.4 Å². The van der Waals surface area contributed by atoms with E-state index >= 15 is 0 Å². The van der Waals surface area contributed by atoms with E-state index < -0.39 is 6.23 Å². The average molecular weight is 598 g/mol. The molecule has 0 radical (unpaired) electrons. The van der Waals surface area contributed by atoms with Gasteiger partial charge in [0.05, 0.1) is 0 Å². The van der Waals surface area contributed by atoms with Crippen LogP contribution >= 0.6 is 11.6 Å². The maximum absolute atomic E-state index is 10.6. The van der Waals surface area contributed by atoms with Crippen molar-refractivity contribution in [3.63, 3.8) is 0 Å².